The Kier molecular flexibility index (Phi) is 6.99. The molecule has 31 heavy (non-hydrogen) atoms. The molecule has 0 amide bonds. The Morgan fingerprint density at radius 3 is 2.81 bits per heavy atom. The fraction of sp³-hybridized carbons (Fsp3) is 0.680. The van der Waals surface area contributed by atoms with Crippen molar-refractivity contribution < 1.29 is 29.2 Å². The van der Waals surface area contributed by atoms with Crippen molar-refractivity contribution in [3.8, 4) is 0 Å². The molecule has 1 aromatic rings. The van der Waals surface area contributed by atoms with E-state index in [-0.39, 0.29) is 17.3 Å². The predicted octanol–water partition coefficient (Wildman–Crippen LogP) is 2.37. The van der Waals surface area contributed by atoms with E-state index < -0.39 is 17.4 Å². The number of rotatable bonds is 8. The number of quaternary nitrogens is 1. The lowest BCUT2D eigenvalue weighted by molar-refractivity contribution is -0.696. The molecule has 2 saturated carbocycles. The van der Waals surface area contributed by atoms with E-state index in [1.807, 2.05) is 6.07 Å². The maximum absolute atomic E-state index is 12.7. The summed E-state index contributed by atoms with van der Waals surface area (Å²) in [5, 5.41) is 12.7. The summed E-state index contributed by atoms with van der Waals surface area (Å²) in [7, 11) is 1.50. The molecule has 0 bridgehead atoms. The van der Waals surface area contributed by atoms with Gasteiger partial charge in [0.15, 0.2) is 5.76 Å². The van der Waals surface area contributed by atoms with Crippen LogP contribution in [0.1, 0.15) is 70.6 Å². The second-order valence-electron chi connectivity index (χ2n) is 10.0. The van der Waals surface area contributed by atoms with Crippen LogP contribution in [0.4, 0.5) is 0 Å². The van der Waals surface area contributed by atoms with Gasteiger partial charge in [-0.25, -0.2) is 0 Å². The van der Waals surface area contributed by atoms with Crippen LogP contribution < -0.4 is 10.4 Å². The minimum atomic E-state index is -1.07. The zero-order chi connectivity index (χ0) is 22.8. The first kappa shape index (κ1) is 23.6. The van der Waals surface area contributed by atoms with Gasteiger partial charge in [-0.1, -0.05) is 25.5 Å². The topological polar surface area (TPSA) is 96.2 Å². The molecule has 3 rings (SSSR count). The zero-order valence-electron chi connectivity index (χ0n) is 19.4. The number of hydrogen-bond donors (Lipinski definition) is 1. The fourth-order valence-corrected chi connectivity index (χ4v) is 6.41. The minimum absolute atomic E-state index is 0.0238. The lowest BCUT2D eigenvalue weighted by Crippen LogP contribution is -2.90. The summed E-state index contributed by atoms with van der Waals surface area (Å²) < 4.78 is 10.9. The number of carbonyl (C=O) groups is 2. The van der Waals surface area contributed by atoms with Crippen LogP contribution in [-0.4, -0.2) is 25.1 Å². The highest BCUT2D eigenvalue weighted by Crippen LogP contribution is 2.62. The Morgan fingerprint density at radius 1 is 1.39 bits per heavy atom. The van der Waals surface area contributed by atoms with E-state index in [1.54, 1.807) is 18.5 Å². The summed E-state index contributed by atoms with van der Waals surface area (Å²) in [5.74, 6) is 0.294. The molecule has 1 heterocycles. The van der Waals surface area contributed by atoms with Gasteiger partial charge in [0, 0.05) is 0 Å². The average molecular weight is 432 g/mol. The molecule has 0 radical (unpaired) electrons. The number of carboxylic acid groups (broad SMARTS) is 1. The Labute approximate surface area is 185 Å². The van der Waals surface area contributed by atoms with Gasteiger partial charge in [0.25, 0.3) is 0 Å². The number of carbonyl (C=O) groups excluding carboxylic acids is 2. The molecule has 6 heteroatoms. The Balaban J connectivity index is 1.75. The molecular formula is C25H37NO5. The van der Waals surface area contributed by atoms with Gasteiger partial charge in [-0.05, 0) is 81.3 Å². The summed E-state index contributed by atoms with van der Waals surface area (Å²) in [6, 6.07) is 1.37. The maximum Gasteiger partial charge on any atom is 0.311 e. The van der Waals surface area contributed by atoms with Crippen LogP contribution in [0, 0.1) is 22.7 Å². The highest BCUT2D eigenvalue weighted by molar-refractivity contribution is 5.77. The predicted molar refractivity (Wildman–Crippen MR) is 115 cm³/mol. The normalized spacial score (nSPS) is 31.7. The molecule has 0 aromatic carbocycles. The number of nitrogens with two attached hydrogens (primary N) is 1. The van der Waals surface area contributed by atoms with Crippen molar-refractivity contribution in [2.45, 2.75) is 78.3 Å². The third kappa shape index (κ3) is 4.45. The number of aryl methyl sites for hydroxylation is 1. The van der Waals surface area contributed by atoms with Crippen LogP contribution in [0.25, 0.3) is 0 Å². The van der Waals surface area contributed by atoms with Gasteiger partial charge in [0.1, 0.15) is 12.6 Å². The van der Waals surface area contributed by atoms with Crippen molar-refractivity contribution in [2.75, 3.05) is 7.11 Å². The monoisotopic (exact) mass is 431 g/mol. The molecule has 2 aliphatic rings. The van der Waals surface area contributed by atoms with Crippen molar-refractivity contribution in [1.29, 1.82) is 0 Å². The quantitative estimate of drug-likeness (QED) is 0.504. The molecule has 2 N–H and O–H groups in total. The number of methoxy groups -OCH3 is 1. The highest BCUT2D eigenvalue weighted by atomic mass is 16.5. The van der Waals surface area contributed by atoms with Crippen LogP contribution >= 0.6 is 0 Å². The van der Waals surface area contributed by atoms with Crippen LogP contribution in [0.5, 0.6) is 0 Å². The number of esters is 1. The fourth-order valence-electron chi connectivity index (χ4n) is 6.41. The molecule has 172 valence electrons. The van der Waals surface area contributed by atoms with Crippen molar-refractivity contribution in [2.24, 2.45) is 22.7 Å². The molecular weight excluding hydrogens is 394 g/mol. The van der Waals surface area contributed by atoms with Gasteiger partial charge in [0.2, 0.25) is 0 Å². The van der Waals surface area contributed by atoms with Gasteiger partial charge in [0.05, 0.1) is 24.8 Å². The van der Waals surface area contributed by atoms with Crippen LogP contribution in [0.2, 0.25) is 0 Å². The molecule has 1 aromatic heterocycles. The van der Waals surface area contributed by atoms with E-state index in [1.165, 1.54) is 12.7 Å². The minimum Gasteiger partial charge on any atom is -0.544 e. The number of carboxylic acids is 1. The third-order valence-corrected chi connectivity index (χ3v) is 8.24. The maximum atomic E-state index is 12.7. The largest absolute Gasteiger partial charge is 0.544 e. The number of furan rings is 1. The van der Waals surface area contributed by atoms with Crippen LogP contribution in [-0.2, 0) is 27.3 Å². The highest BCUT2D eigenvalue weighted by Gasteiger charge is 2.57. The van der Waals surface area contributed by atoms with Crippen LogP contribution in [0.15, 0.2) is 28.9 Å². The molecule has 6 nitrogen and oxygen atoms in total. The van der Waals surface area contributed by atoms with E-state index >= 15 is 0 Å². The molecule has 2 aliphatic carbocycles. The van der Waals surface area contributed by atoms with Gasteiger partial charge < -0.3 is 24.4 Å². The second kappa shape index (κ2) is 9.19. The third-order valence-electron chi connectivity index (χ3n) is 8.24. The van der Waals surface area contributed by atoms with E-state index in [2.05, 4.69) is 20.4 Å². The molecule has 0 aliphatic heterocycles. The lowest BCUT2D eigenvalue weighted by atomic mass is 9.46. The van der Waals surface area contributed by atoms with E-state index in [9.17, 15) is 14.7 Å². The number of aliphatic carboxylic acids is 1. The van der Waals surface area contributed by atoms with Gasteiger partial charge in [-0.2, -0.15) is 0 Å². The smallest absolute Gasteiger partial charge is 0.311 e. The number of allylic oxidation sites excluding steroid dienone is 1. The first-order valence-electron chi connectivity index (χ1n) is 11.5. The first-order valence-corrected chi connectivity index (χ1v) is 11.5. The Bertz CT molecular complexity index is 830. The summed E-state index contributed by atoms with van der Waals surface area (Å²) >= 11 is 0. The van der Waals surface area contributed by atoms with Gasteiger partial charge in [-0.15, -0.1) is 0 Å². The van der Waals surface area contributed by atoms with Crippen molar-refractivity contribution in [3.63, 3.8) is 0 Å². The van der Waals surface area contributed by atoms with E-state index in [4.69, 9.17) is 9.15 Å². The van der Waals surface area contributed by atoms with Crippen molar-refractivity contribution >= 4 is 11.9 Å². The summed E-state index contributed by atoms with van der Waals surface area (Å²) in [5.41, 5.74) is 2.00. The summed E-state index contributed by atoms with van der Waals surface area (Å²) in [4.78, 5) is 23.7. The van der Waals surface area contributed by atoms with Crippen LogP contribution in [0.3, 0.4) is 0 Å². The lowest BCUT2D eigenvalue weighted by Gasteiger charge is -2.57. The molecule has 5 atom stereocenters. The van der Waals surface area contributed by atoms with Gasteiger partial charge >= 0.3 is 5.97 Å². The summed E-state index contributed by atoms with van der Waals surface area (Å²) in [6.07, 6.45) is 8.43. The van der Waals surface area contributed by atoms with E-state index in [0.29, 0.717) is 12.5 Å². The number of ether oxygens (including phenoxy) is 1. The molecule has 2 fully saturated rings. The van der Waals surface area contributed by atoms with Crippen molar-refractivity contribution in [3.05, 3.63) is 35.8 Å². The number of fused-ring (bicyclic) bond motifs is 1. The molecule has 0 unspecified atom stereocenters. The average Bonchev–Trinajstić information content (AvgIpc) is 3.17. The van der Waals surface area contributed by atoms with Gasteiger partial charge in [-0.3, -0.25) is 4.79 Å². The van der Waals surface area contributed by atoms with Crippen molar-refractivity contribution in [1.82, 2.24) is 0 Å². The molecule has 0 saturated heterocycles. The number of hydrogen-bond acceptors (Lipinski definition) is 5. The first-order chi connectivity index (χ1) is 14.6. The second-order valence-corrected chi connectivity index (χ2v) is 10.0. The Hall–Kier alpha value is -2.08. The standard InChI is InChI=1S/C25H37NO5/c1-16-7-10-21-24(3,12-6-13-25(21,4)23(29)30-5)19(16)9-8-18-11-14-31-20(18)15-26-17(2)22(27)28/h11,14,17,19,21,26H,1,6-10,12-13,15H2,2-5H3,(H,27,28)/t17-,19+,21-,24+,25+/m0/s1. The SMILES string of the molecule is C=C1CC[C@H]2[C@](C)(CCC[C@@]2(C)C(=O)OC)[C@@H]1CCc1ccoc1C[NH2+][C@@H](C)C(=O)[O-]. The summed E-state index contributed by atoms with van der Waals surface area (Å²) in [6.45, 7) is 11.0. The molecule has 0 spiro atoms. The zero-order valence-corrected chi connectivity index (χ0v) is 19.4. The van der Waals surface area contributed by atoms with E-state index in [0.717, 1.165) is 56.3 Å². The Morgan fingerprint density at radius 2 is 2.13 bits per heavy atom.